The summed E-state index contributed by atoms with van der Waals surface area (Å²) < 4.78 is 37.7. The Bertz CT molecular complexity index is 1740. The number of fused-ring (bicyclic) bond motifs is 2. The number of nitrogens with two attached hydrogens (primary N) is 1. The van der Waals surface area contributed by atoms with E-state index in [4.69, 9.17) is 46.0 Å². The number of anilines is 1. The highest BCUT2D eigenvalue weighted by molar-refractivity contribution is 8.35. The third kappa shape index (κ3) is 5.30. The van der Waals surface area contributed by atoms with Crippen LogP contribution in [-0.2, 0) is 36.4 Å². The Labute approximate surface area is 264 Å². The number of benzene rings is 3. The molecule has 2 N–H and O–H groups in total. The molecule has 2 fully saturated rings. The lowest BCUT2D eigenvalue weighted by atomic mass is 9.80. The second-order valence-electron chi connectivity index (χ2n) is 10.6. The van der Waals surface area contributed by atoms with Gasteiger partial charge in [-0.3, -0.25) is 4.57 Å². The third-order valence-electron chi connectivity index (χ3n) is 8.09. The highest BCUT2D eigenvalue weighted by Gasteiger charge is 2.58. The van der Waals surface area contributed by atoms with Crippen LogP contribution in [0.5, 0.6) is 11.5 Å². The van der Waals surface area contributed by atoms with Crippen molar-refractivity contribution >= 4 is 36.4 Å². The van der Waals surface area contributed by atoms with Gasteiger partial charge in [-0.2, -0.15) is 0 Å². The second-order valence-corrected chi connectivity index (χ2v) is 13.2. The highest BCUT2D eigenvalue weighted by atomic mass is 32.7. The summed E-state index contributed by atoms with van der Waals surface area (Å²) in [5.74, 6) is 1.63. The third-order valence-corrected chi connectivity index (χ3v) is 9.61. The van der Waals surface area contributed by atoms with E-state index >= 15 is 0 Å². The Hall–Kier alpha value is -3.81. The lowest BCUT2D eigenvalue weighted by molar-refractivity contribution is -0.207. The quantitative estimate of drug-likeness (QED) is 0.141. The summed E-state index contributed by atoms with van der Waals surface area (Å²) in [7, 11) is -0.555. The molecule has 0 aliphatic carbocycles. The standard InChI is InChI=1S/C31H30N5O7PS/c1-38-22-12-8-20(9-13-22)31(19-6-4-3-5-7-19,21-10-14-23(39-2)15-11-21)40-16-24-26-27(43-44(37,45)42-26)30(41-24)36-18-35-25-28(32)33-17-34-29(25)36/h3-15,17-18,24,26-27,30H,16H2,1-2H3,(H,37,45)(H2,32,33,34)/p-1/t24-,26-,27-,30-,44?/m1/s1. The van der Waals surface area contributed by atoms with Crippen LogP contribution in [0.1, 0.15) is 22.9 Å². The van der Waals surface area contributed by atoms with Crippen molar-refractivity contribution in [3.63, 3.8) is 0 Å². The monoisotopic (exact) mass is 646 g/mol. The number of rotatable bonds is 9. The summed E-state index contributed by atoms with van der Waals surface area (Å²) in [6.45, 7) is 0.00701. The zero-order valence-corrected chi connectivity index (χ0v) is 26.0. The molecule has 232 valence electrons. The predicted octanol–water partition coefficient (Wildman–Crippen LogP) is 3.70. The van der Waals surface area contributed by atoms with Crippen LogP contribution in [0, 0.1) is 0 Å². The first kappa shape index (κ1) is 29.9. The summed E-state index contributed by atoms with van der Waals surface area (Å²) >= 11 is 5.17. The molecule has 2 aliphatic rings. The molecule has 1 unspecified atom stereocenters. The fourth-order valence-electron chi connectivity index (χ4n) is 5.97. The molecule has 0 spiro atoms. The fraction of sp³-hybridized carbons (Fsp3) is 0.258. The second kappa shape index (κ2) is 11.8. The molecule has 45 heavy (non-hydrogen) atoms. The van der Waals surface area contributed by atoms with E-state index in [9.17, 15) is 4.89 Å². The summed E-state index contributed by atoms with van der Waals surface area (Å²) in [5, 5.41) is 0. The van der Waals surface area contributed by atoms with Crippen molar-refractivity contribution in [2.24, 2.45) is 0 Å². The van der Waals surface area contributed by atoms with Gasteiger partial charge in [0.1, 0.15) is 42.2 Å². The van der Waals surface area contributed by atoms with Crippen LogP contribution >= 0.6 is 7.15 Å². The molecule has 14 heteroatoms. The largest absolute Gasteiger partial charge is 0.648 e. The first-order valence-electron chi connectivity index (χ1n) is 14.1. The van der Waals surface area contributed by atoms with Gasteiger partial charge in [0.2, 0.25) is 0 Å². The van der Waals surface area contributed by atoms with Gasteiger partial charge in [-0.25, -0.2) is 24.0 Å². The molecule has 5 atom stereocenters. The maximum absolute atomic E-state index is 13.0. The van der Waals surface area contributed by atoms with Crippen LogP contribution in [0.3, 0.4) is 0 Å². The molecule has 0 bridgehead atoms. The van der Waals surface area contributed by atoms with Crippen LogP contribution in [-0.4, -0.2) is 58.7 Å². The SMILES string of the molecule is COc1ccc(C(OC[C@H]2O[C@@H](n3cnc4c(N)ncnc43)[C@@H]3O[P+]([O-])([S-])O[C@@H]32)(c2ccccc2)c2ccc(OC)cc2)cc1. The number of ether oxygens (including phenoxy) is 4. The van der Waals surface area contributed by atoms with E-state index in [1.165, 1.54) is 12.7 Å². The first-order valence-corrected chi connectivity index (χ1v) is 16.6. The molecule has 2 aliphatic heterocycles. The lowest BCUT2D eigenvalue weighted by Gasteiger charge is -2.37. The van der Waals surface area contributed by atoms with E-state index < -0.39 is 37.3 Å². The Morgan fingerprint density at radius 3 is 2.09 bits per heavy atom. The molecule has 2 aromatic heterocycles. The Balaban J connectivity index is 1.30. The van der Waals surface area contributed by atoms with E-state index in [1.807, 2.05) is 78.9 Å². The fourth-order valence-corrected chi connectivity index (χ4v) is 7.69. The highest BCUT2D eigenvalue weighted by Crippen LogP contribution is 2.63. The van der Waals surface area contributed by atoms with Crippen LogP contribution in [0.4, 0.5) is 5.82 Å². The zero-order chi connectivity index (χ0) is 31.2. The van der Waals surface area contributed by atoms with Gasteiger partial charge < -0.3 is 41.8 Å². The number of hydrogen-bond donors (Lipinski definition) is 1. The molecule has 12 nitrogen and oxygen atoms in total. The summed E-state index contributed by atoms with van der Waals surface area (Å²) in [4.78, 5) is 25.7. The predicted molar refractivity (Wildman–Crippen MR) is 166 cm³/mol. The molecular formula is C31H29N5O7PS-. The zero-order valence-electron chi connectivity index (χ0n) is 24.3. The molecule has 3 aromatic carbocycles. The number of methoxy groups -OCH3 is 2. The number of nitrogens with zero attached hydrogens (tertiary/aromatic N) is 4. The molecule has 0 radical (unpaired) electrons. The summed E-state index contributed by atoms with van der Waals surface area (Å²) in [6, 6.07) is 25.3. The Morgan fingerprint density at radius 2 is 1.47 bits per heavy atom. The Kier molecular flexibility index (Phi) is 7.86. The molecular weight excluding hydrogens is 617 g/mol. The van der Waals surface area contributed by atoms with Crippen molar-refractivity contribution in [3.05, 3.63) is 108 Å². The van der Waals surface area contributed by atoms with E-state index in [2.05, 4.69) is 15.0 Å². The van der Waals surface area contributed by atoms with Crippen molar-refractivity contribution in [2.75, 3.05) is 26.6 Å². The van der Waals surface area contributed by atoms with Gasteiger partial charge in [-0.15, -0.1) is 0 Å². The van der Waals surface area contributed by atoms with Gasteiger partial charge in [0, 0.05) is 0 Å². The molecule has 2 saturated heterocycles. The molecule has 5 aromatic rings. The Morgan fingerprint density at radius 1 is 0.867 bits per heavy atom. The minimum Gasteiger partial charge on any atom is -0.648 e. The molecule has 7 rings (SSSR count). The smallest absolute Gasteiger partial charge is 0.180 e. The minimum atomic E-state index is -3.80. The summed E-state index contributed by atoms with van der Waals surface area (Å²) in [5.41, 5.74) is 8.30. The van der Waals surface area contributed by atoms with E-state index in [0.717, 1.165) is 16.7 Å². The van der Waals surface area contributed by atoms with Crippen molar-refractivity contribution in [1.82, 2.24) is 19.5 Å². The van der Waals surface area contributed by atoms with E-state index in [0.29, 0.717) is 22.7 Å². The van der Waals surface area contributed by atoms with Gasteiger partial charge >= 0.3 is 0 Å². The van der Waals surface area contributed by atoms with Gasteiger partial charge in [0.25, 0.3) is 0 Å². The van der Waals surface area contributed by atoms with Gasteiger partial charge in [-0.05, 0) is 41.0 Å². The molecule has 4 heterocycles. The average Bonchev–Trinajstić information content (AvgIpc) is 3.74. The molecule has 0 saturated carbocycles. The number of imidazole rings is 1. The van der Waals surface area contributed by atoms with Crippen LogP contribution in [0.2, 0.25) is 0 Å². The van der Waals surface area contributed by atoms with Crippen molar-refractivity contribution in [3.8, 4) is 11.5 Å². The van der Waals surface area contributed by atoms with E-state index in [-0.39, 0.29) is 12.4 Å². The number of hydrogen-bond acceptors (Lipinski definition) is 12. The van der Waals surface area contributed by atoms with Crippen molar-refractivity contribution in [1.29, 1.82) is 0 Å². The normalized spacial score (nSPS) is 24.5. The van der Waals surface area contributed by atoms with E-state index in [1.54, 1.807) is 18.8 Å². The minimum absolute atomic E-state index is 0.00701. The van der Waals surface area contributed by atoms with Crippen molar-refractivity contribution < 1.29 is 32.9 Å². The van der Waals surface area contributed by atoms with Crippen molar-refractivity contribution in [2.45, 2.75) is 30.1 Å². The van der Waals surface area contributed by atoms with Gasteiger partial charge in [-0.1, -0.05) is 54.6 Å². The first-order chi connectivity index (χ1) is 21.8. The van der Waals surface area contributed by atoms with Gasteiger partial charge in [0.05, 0.1) is 27.2 Å². The topological polar surface area (TPSA) is 148 Å². The van der Waals surface area contributed by atoms with Crippen LogP contribution in [0.15, 0.2) is 91.5 Å². The maximum Gasteiger partial charge on any atom is 0.180 e. The van der Waals surface area contributed by atoms with Crippen LogP contribution in [0.25, 0.3) is 11.2 Å². The molecule has 0 amide bonds. The maximum atomic E-state index is 13.0. The lowest BCUT2D eigenvalue weighted by Crippen LogP contribution is -2.39. The average molecular weight is 647 g/mol. The van der Waals surface area contributed by atoms with Crippen LogP contribution < -0.4 is 20.1 Å². The summed E-state index contributed by atoms with van der Waals surface area (Å²) in [6.07, 6.45) is -0.312. The van der Waals surface area contributed by atoms with Gasteiger partial charge in [0.15, 0.2) is 29.9 Å². The number of aromatic nitrogens is 4. The number of nitrogen functional groups attached to an aromatic ring is 1.